The maximum Gasteiger partial charge on any atom is 0.0348 e. The number of aryl methyl sites for hydroxylation is 2. The lowest BCUT2D eigenvalue weighted by Crippen LogP contribution is -2.18. The van der Waals surface area contributed by atoms with Crippen LogP contribution in [0.1, 0.15) is 35.6 Å². The van der Waals surface area contributed by atoms with Gasteiger partial charge in [-0.15, -0.1) is 0 Å². The van der Waals surface area contributed by atoms with E-state index in [9.17, 15) is 0 Å². The van der Waals surface area contributed by atoms with Gasteiger partial charge >= 0.3 is 0 Å². The van der Waals surface area contributed by atoms with E-state index in [-0.39, 0.29) is 0 Å². The normalized spacial score (nSPS) is 22.9. The Morgan fingerprint density at radius 3 is 2.71 bits per heavy atom. The van der Waals surface area contributed by atoms with E-state index in [2.05, 4.69) is 44.0 Å². The quantitative estimate of drug-likeness (QED) is 0.656. The van der Waals surface area contributed by atoms with Gasteiger partial charge in [0.05, 0.1) is 0 Å². The molecule has 0 aliphatic carbocycles. The molecule has 1 unspecified atom stereocenters. The molecule has 0 aromatic heterocycles. The minimum absolute atomic E-state index is 0.662. The second kappa shape index (κ2) is 3.74. The van der Waals surface area contributed by atoms with Crippen molar-refractivity contribution >= 4 is 0 Å². The third-order valence-electron chi connectivity index (χ3n) is 3.31. The van der Waals surface area contributed by atoms with E-state index < -0.39 is 0 Å². The van der Waals surface area contributed by atoms with Crippen LogP contribution in [0.3, 0.4) is 0 Å². The number of nitrogens with zero attached hydrogens (tertiary/aromatic N) is 1. The number of hydrogen-bond donors (Lipinski definition) is 0. The molecule has 1 heterocycles. The van der Waals surface area contributed by atoms with Crippen molar-refractivity contribution < 1.29 is 0 Å². The number of hydrogen-bond acceptors (Lipinski definition) is 1. The van der Waals surface area contributed by atoms with Gasteiger partial charge in [-0.2, -0.15) is 0 Å². The van der Waals surface area contributed by atoms with Crippen LogP contribution in [-0.2, 0) is 0 Å². The maximum atomic E-state index is 2.47. The van der Waals surface area contributed by atoms with Crippen LogP contribution in [0.15, 0.2) is 18.2 Å². The SMILES string of the molecule is Cc1ccc(C)c(C2CCCN2C)c1. The molecule has 0 spiro atoms. The molecule has 76 valence electrons. The van der Waals surface area contributed by atoms with Gasteiger partial charge in [-0.3, -0.25) is 4.90 Å². The van der Waals surface area contributed by atoms with Crippen LogP contribution in [0.5, 0.6) is 0 Å². The Balaban J connectivity index is 2.34. The fourth-order valence-electron chi connectivity index (χ4n) is 2.42. The van der Waals surface area contributed by atoms with Gasteiger partial charge in [0.15, 0.2) is 0 Å². The zero-order chi connectivity index (χ0) is 10.1. The molecule has 0 bridgehead atoms. The van der Waals surface area contributed by atoms with Crippen LogP contribution in [0.25, 0.3) is 0 Å². The van der Waals surface area contributed by atoms with Crippen molar-refractivity contribution in [2.75, 3.05) is 13.6 Å². The highest BCUT2D eigenvalue weighted by molar-refractivity contribution is 5.33. The average Bonchev–Trinajstić information content (AvgIpc) is 2.56. The Morgan fingerprint density at radius 2 is 2.07 bits per heavy atom. The van der Waals surface area contributed by atoms with Crippen LogP contribution >= 0.6 is 0 Å². The third kappa shape index (κ3) is 1.69. The van der Waals surface area contributed by atoms with Gasteiger partial charge in [0, 0.05) is 6.04 Å². The lowest BCUT2D eigenvalue weighted by atomic mass is 9.97. The van der Waals surface area contributed by atoms with Crippen molar-refractivity contribution in [3.8, 4) is 0 Å². The van der Waals surface area contributed by atoms with E-state index in [0.717, 1.165) is 0 Å². The second-order valence-corrected chi connectivity index (χ2v) is 4.50. The van der Waals surface area contributed by atoms with Crippen molar-refractivity contribution in [2.24, 2.45) is 0 Å². The van der Waals surface area contributed by atoms with Crippen molar-refractivity contribution in [1.29, 1.82) is 0 Å². The molecule has 1 aromatic rings. The maximum absolute atomic E-state index is 2.47. The standard InChI is InChI=1S/C13H19N/c1-10-6-7-11(2)12(9-10)13-5-4-8-14(13)3/h6-7,9,13H,4-5,8H2,1-3H3. The van der Waals surface area contributed by atoms with E-state index in [4.69, 9.17) is 0 Å². The van der Waals surface area contributed by atoms with Gasteiger partial charge in [0.2, 0.25) is 0 Å². The van der Waals surface area contributed by atoms with E-state index in [1.54, 1.807) is 0 Å². The van der Waals surface area contributed by atoms with Crippen molar-refractivity contribution in [3.63, 3.8) is 0 Å². The molecule has 0 N–H and O–H groups in total. The molecular formula is C13H19N. The molecule has 1 atom stereocenters. The molecular weight excluding hydrogens is 170 g/mol. The van der Waals surface area contributed by atoms with Crippen molar-refractivity contribution in [2.45, 2.75) is 32.7 Å². The Bertz CT molecular complexity index is 330. The smallest absolute Gasteiger partial charge is 0.0348 e. The van der Waals surface area contributed by atoms with Crippen molar-refractivity contribution in [1.82, 2.24) is 4.90 Å². The molecule has 1 fully saturated rings. The number of benzene rings is 1. The first-order valence-electron chi connectivity index (χ1n) is 5.46. The number of likely N-dealkylation sites (tertiary alicyclic amines) is 1. The Labute approximate surface area is 86.7 Å². The predicted molar refractivity (Wildman–Crippen MR) is 60.5 cm³/mol. The van der Waals surface area contributed by atoms with Gasteiger partial charge in [-0.1, -0.05) is 23.8 Å². The first-order valence-corrected chi connectivity index (χ1v) is 5.46. The summed E-state index contributed by atoms with van der Waals surface area (Å²) in [6.45, 7) is 5.65. The molecule has 0 amide bonds. The molecule has 1 aliphatic heterocycles. The molecule has 1 aliphatic rings. The summed E-state index contributed by atoms with van der Waals surface area (Å²) in [5, 5.41) is 0. The highest BCUT2D eigenvalue weighted by atomic mass is 15.1. The first-order chi connectivity index (χ1) is 6.68. The van der Waals surface area contributed by atoms with E-state index in [1.165, 1.54) is 36.1 Å². The molecule has 0 radical (unpaired) electrons. The lowest BCUT2D eigenvalue weighted by Gasteiger charge is -2.22. The van der Waals surface area contributed by atoms with Crippen LogP contribution in [0.2, 0.25) is 0 Å². The van der Waals surface area contributed by atoms with Gasteiger partial charge in [0.1, 0.15) is 0 Å². The molecule has 1 heteroatoms. The van der Waals surface area contributed by atoms with Gasteiger partial charge in [-0.25, -0.2) is 0 Å². The van der Waals surface area contributed by atoms with Crippen LogP contribution in [0.4, 0.5) is 0 Å². The second-order valence-electron chi connectivity index (χ2n) is 4.50. The average molecular weight is 189 g/mol. The highest BCUT2D eigenvalue weighted by Crippen LogP contribution is 2.32. The van der Waals surface area contributed by atoms with Crippen LogP contribution in [-0.4, -0.2) is 18.5 Å². The Kier molecular flexibility index (Phi) is 2.60. The molecule has 14 heavy (non-hydrogen) atoms. The minimum Gasteiger partial charge on any atom is -0.299 e. The largest absolute Gasteiger partial charge is 0.299 e. The monoisotopic (exact) mass is 189 g/mol. The topological polar surface area (TPSA) is 3.24 Å². The third-order valence-corrected chi connectivity index (χ3v) is 3.31. The Morgan fingerprint density at radius 1 is 1.29 bits per heavy atom. The first kappa shape index (κ1) is 9.72. The van der Waals surface area contributed by atoms with E-state index in [1.807, 2.05) is 0 Å². The molecule has 1 nitrogen and oxygen atoms in total. The van der Waals surface area contributed by atoms with Gasteiger partial charge in [-0.05, 0) is 51.4 Å². The van der Waals surface area contributed by atoms with E-state index >= 15 is 0 Å². The van der Waals surface area contributed by atoms with Crippen LogP contribution in [0, 0.1) is 13.8 Å². The Hall–Kier alpha value is -0.820. The van der Waals surface area contributed by atoms with Gasteiger partial charge in [0.25, 0.3) is 0 Å². The highest BCUT2D eigenvalue weighted by Gasteiger charge is 2.23. The van der Waals surface area contributed by atoms with Crippen LogP contribution < -0.4 is 0 Å². The molecule has 0 saturated carbocycles. The van der Waals surface area contributed by atoms with E-state index in [0.29, 0.717) is 6.04 Å². The molecule has 1 saturated heterocycles. The summed E-state index contributed by atoms with van der Waals surface area (Å²) in [5.41, 5.74) is 4.35. The van der Waals surface area contributed by atoms with Gasteiger partial charge < -0.3 is 0 Å². The minimum atomic E-state index is 0.662. The molecule has 1 aromatic carbocycles. The summed E-state index contributed by atoms with van der Waals surface area (Å²) in [5.74, 6) is 0. The zero-order valence-electron chi connectivity index (χ0n) is 9.38. The van der Waals surface area contributed by atoms with Crippen molar-refractivity contribution in [3.05, 3.63) is 34.9 Å². The fourth-order valence-corrected chi connectivity index (χ4v) is 2.42. The summed E-state index contributed by atoms with van der Waals surface area (Å²) in [6.07, 6.45) is 2.66. The predicted octanol–water partition coefficient (Wildman–Crippen LogP) is 3.07. The fraction of sp³-hybridized carbons (Fsp3) is 0.538. The summed E-state index contributed by atoms with van der Waals surface area (Å²) in [7, 11) is 2.24. The summed E-state index contributed by atoms with van der Waals surface area (Å²) >= 11 is 0. The lowest BCUT2D eigenvalue weighted by molar-refractivity contribution is 0.316. The summed E-state index contributed by atoms with van der Waals surface area (Å²) in [4.78, 5) is 2.47. The number of rotatable bonds is 1. The summed E-state index contributed by atoms with van der Waals surface area (Å²) < 4.78 is 0. The zero-order valence-corrected chi connectivity index (χ0v) is 9.38. The summed E-state index contributed by atoms with van der Waals surface area (Å²) in [6, 6.07) is 7.46. The molecule has 2 rings (SSSR count).